The van der Waals surface area contributed by atoms with Crippen LogP contribution in [0.5, 0.6) is 0 Å². The van der Waals surface area contributed by atoms with Gasteiger partial charge in [-0.15, -0.1) is 24.8 Å². The molecule has 0 amide bonds. The van der Waals surface area contributed by atoms with Crippen molar-refractivity contribution in [3.05, 3.63) is 42.5 Å². The molecule has 0 aliphatic carbocycles. The van der Waals surface area contributed by atoms with Crippen molar-refractivity contribution in [1.29, 1.82) is 0 Å². The summed E-state index contributed by atoms with van der Waals surface area (Å²) in [6, 6.07) is 10.9. The molecule has 0 saturated carbocycles. The molecule has 23 heavy (non-hydrogen) atoms. The van der Waals surface area contributed by atoms with Gasteiger partial charge in [0.2, 0.25) is 0 Å². The van der Waals surface area contributed by atoms with Crippen molar-refractivity contribution >= 4 is 57.8 Å². The Bertz CT molecular complexity index is 826. The number of para-hydroxylation sites is 2. The third-order valence-electron chi connectivity index (χ3n) is 2.95. The van der Waals surface area contributed by atoms with E-state index in [2.05, 4.69) is 5.32 Å². The molecule has 1 heterocycles. The van der Waals surface area contributed by atoms with E-state index in [0.29, 0.717) is 10.6 Å². The second-order valence-electron chi connectivity index (χ2n) is 4.30. The number of benzene rings is 2. The highest BCUT2D eigenvalue weighted by atomic mass is 35.5. The van der Waals surface area contributed by atoms with Crippen LogP contribution in [-0.2, 0) is 9.84 Å². The van der Waals surface area contributed by atoms with Crippen LogP contribution < -0.4 is 5.32 Å². The van der Waals surface area contributed by atoms with Crippen LogP contribution in [-0.4, -0.2) is 13.9 Å². The molecular weight excluding hydrogens is 394 g/mol. The number of nitrogens with one attached hydrogen (secondary N) is 1. The summed E-state index contributed by atoms with van der Waals surface area (Å²) in [5.74, 6) is 0. The minimum absolute atomic E-state index is 0. The first kappa shape index (κ1) is 20.0. The number of hydrogen-bond acceptors (Lipinski definition) is 4. The van der Waals surface area contributed by atoms with E-state index in [-0.39, 0.29) is 30.5 Å². The Hall–Kier alpha value is -1.09. The number of hydrogen-bond donors (Lipinski definition) is 1. The summed E-state index contributed by atoms with van der Waals surface area (Å²) in [4.78, 5) is 0.514. The number of alkyl halides is 3. The zero-order valence-corrected chi connectivity index (χ0v) is 14.4. The Labute approximate surface area is 147 Å². The Morgan fingerprint density at radius 2 is 1.52 bits per heavy atom. The van der Waals surface area contributed by atoms with Gasteiger partial charge in [-0.2, -0.15) is 13.2 Å². The number of fused-ring (bicyclic) bond motifs is 2. The van der Waals surface area contributed by atoms with Crippen molar-refractivity contribution in [2.75, 3.05) is 5.32 Å². The molecule has 2 aromatic rings. The fourth-order valence-electron chi connectivity index (χ4n) is 1.98. The quantitative estimate of drug-likeness (QED) is 0.618. The Balaban J connectivity index is 0.00000132. The summed E-state index contributed by atoms with van der Waals surface area (Å²) < 4.78 is 61.6. The fraction of sp³-hybridized carbons (Fsp3) is 0.0769. The van der Waals surface area contributed by atoms with Gasteiger partial charge in [0.05, 0.1) is 11.4 Å². The van der Waals surface area contributed by atoms with E-state index < -0.39 is 20.2 Å². The van der Waals surface area contributed by atoms with E-state index in [1.54, 1.807) is 30.3 Å². The predicted octanol–water partition coefficient (Wildman–Crippen LogP) is 5.03. The second-order valence-corrected chi connectivity index (χ2v) is 7.30. The average molecular weight is 404 g/mol. The molecule has 10 heteroatoms. The summed E-state index contributed by atoms with van der Waals surface area (Å²) in [5.41, 5.74) is -4.77. The largest absolute Gasteiger partial charge is 0.501 e. The number of halogens is 5. The van der Waals surface area contributed by atoms with Crippen molar-refractivity contribution in [3.63, 3.8) is 0 Å². The third-order valence-corrected chi connectivity index (χ3v) is 5.61. The molecular formula is C13H10Cl2F3NO2S2. The van der Waals surface area contributed by atoms with Crippen molar-refractivity contribution in [3.8, 4) is 0 Å². The first-order valence-corrected chi connectivity index (χ1v) is 8.09. The molecule has 0 saturated heterocycles. The van der Waals surface area contributed by atoms with Crippen molar-refractivity contribution < 1.29 is 21.6 Å². The molecule has 2 aromatic carbocycles. The van der Waals surface area contributed by atoms with Gasteiger partial charge in [-0.05, 0) is 24.3 Å². The molecule has 0 radical (unpaired) electrons. The van der Waals surface area contributed by atoms with Crippen molar-refractivity contribution in [1.82, 2.24) is 0 Å². The Morgan fingerprint density at radius 1 is 0.913 bits per heavy atom. The molecule has 126 valence electrons. The lowest BCUT2D eigenvalue weighted by Crippen LogP contribution is -2.24. The zero-order valence-electron chi connectivity index (χ0n) is 11.1. The van der Waals surface area contributed by atoms with Crippen molar-refractivity contribution in [2.24, 2.45) is 0 Å². The third kappa shape index (κ3) is 3.40. The zero-order chi connectivity index (χ0) is 15.3. The monoisotopic (exact) mass is 403 g/mol. The maximum Gasteiger partial charge on any atom is 0.501 e. The molecule has 0 unspecified atom stereocenters. The van der Waals surface area contributed by atoms with Crippen LogP contribution in [0.4, 0.5) is 24.5 Å². The first-order chi connectivity index (χ1) is 9.80. The lowest BCUT2D eigenvalue weighted by molar-refractivity contribution is -0.0435. The second kappa shape index (κ2) is 6.80. The van der Waals surface area contributed by atoms with Crippen LogP contribution in [0.2, 0.25) is 0 Å². The average Bonchev–Trinajstić information content (AvgIpc) is 2.43. The summed E-state index contributed by atoms with van der Waals surface area (Å²) >= 11 is 1.23. The van der Waals surface area contributed by atoms with E-state index in [0.717, 1.165) is 11.0 Å². The molecule has 0 spiro atoms. The van der Waals surface area contributed by atoms with E-state index in [1.807, 2.05) is 0 Å². The van der Waals surface area contributed by atoms with Gasteiger partial charge in [0.15, 0.2) is 0 Å². The van der Waals surface area contributed by atoms with Gasteiger partial charge < -0.3 is 5.32 Å². The molecule has 0 bridgehead atoms. The molecule has 1 aliphatic rings. The number of anilines is 2. The summed E-state index contributed by atoms with van der Waals surface area (Å²) in [6.45, 7) is 0. The highest BCUT2D eigenvalue weighted by Gasteiger charge is 2.48. The van der Waals surface area contributed by atoms with E-state index in [1.165, 1.54) is 17.8 Å². The lowest BCUT2D eigenvalue weighted by atomic mass is 10.2. The standard InChI is InChI=1S/C13H8F3NO2S2.2ClH/c14-13(15,16)21(18,19)11-7-3-6-10-12(11)17-8-4-1-2-5-9(8)20-10;;/h1-7,17H;2*1H. The van der Waals surface area contributed by atoms with Gasteiger partial charge in [0.1, 0.15) is 4.90 Å². The number of rotatable bonds is 1. The Morgan fingerprint density at radius 3 is 2.17 bits per heavy atom. The minimum atomic E-state index is -5.40. The maximum absolute atomic E-state index is 12.8. The lowest BCUT2D eigenvalue weighted by Gasteiger charge is -2.23. The van der Waals surface area contributed by atoms with Crippen LogP contribution in [0, 0.1) is 0 Å². The predicted molar refractivity (Wildman–Crippen MR) is 88.0 cm³/mol. The first-order valence-electron chi connectivity index (χ1n) is 5.79. The fourth-order valence-corrected chi connectivity index (χ4v) is 4.00. The summed E-state index contributed by atoms with van der Waals surface area (Å²) in [6.07, 6.45) is 0. The molecule has 3 rings (SSSR count). The molecule has 0 atom stereocenters. The van der Waals surface area contributed by atoms with Crippen LogP contribution in [0.3, 0.4) is 0 Å². The van der Waals surface area contributed by atoms with Crippen molar-refractivity contribution in [2.45, 2.75) is 20.2 Å². The molecule has 3 nitrogen and oxygen atoms in total. The van der Waals surface area contributed by atoms with Crippen LogP contribution in [0.15, 0.2) is 57.2 Å². The summed E-state index contributed by atoms with van der Waals surface area (Å²) in [7, 11) is -5.40. The van der Waals surface area contributed by atoms with E-state index in [9.17, 15) is 21.6 Å². The van der Waals surface area contributed by atoms with Crippen LogP contribution >= 0.6 is 36.6 Å². The SMILES string of the molecule is Cl.Cl.O=S(=O)(c1cccc2c1Nc1ccccc1S2)C(F)(F)F. The highest BCUT2D eigenvalue weighted by Crippen LogP contribution is 2.47. The highest BCUT2D eigenvalue weighted by molar-refractivity contribution is 7.99. The topological polar surface area (TPSA) is 46.2 Å². The van der Waals surface area contributed by atoms with Gasteiger partial charge in [-0.25, -0.2) is 8.42 Å². The van der Waals surface area contributed by atoms with E-state index >= 15 is 0 Å². The van der Waals surface area contributed by atoms with Gasteiger partial charge >= 0.3 is 5.51 Å². The van der Waals surface area contributed by atoms with E-state index in [4.69, 9.17) is 0 Å². The minimum Gasteiger partial charge on any atom is -0.353 e. The molecule has 1 aliphatic heterocycles. The molecule has 1 N–H and O–H groups in total. The van der Waals surface area contributed by atoms with Gasteiger partial charge in [-0.3, -0.25) is 0 Å². The Kier molecular flexibility index (Phi) is 5.90. The smallest absolute Gasteiger partial charge is 0.353 e. The van der Waals surface area contributed by atoms with Crippen LogP contribution in [0.1, 0.15) is 0 Å². The van der Waals surface area contributed by atoms with Gasteiger partial charge in [0.25, 0.3) is 9.84 Å². The molecule has 0 fully saturated rings. The van der Waals surface area contributed by atoms with Crippen LogP contribution in [0.25, 0.3) is 0 Å². The molecule has 0 aromatic heterocycles. The number of sulfone groups is 1. The normalized spacial score (nSPS) is 12.8. The summed E-state index contributed by atoms with van der Waals surface area (Å²) in [5, 5.41) is 2.79. The van der Waals surface area contributed by atoms with Gasteiger partial charge in [0, 0.05) is 9.79 Å². The maximum atomic E-state index is 12.8. The van der Waals surface area contributed by atoms with Gasteiger partial charge in [-0.1, -0.05) is 30.0 Å².